The lowest BCUT2D eigenvalue weighted by atomic mass is 10.0. The van der Waals surface area contributed by atoms with Gasteiger partial charge in [-0.25, -0.2) is 14.0 Å². The minimum atomic E-state index is -1.52. The van der Waals surface area contributed by atoms with E-state index in [1.807, 2.05) is 52.5 Å². The van der Waals surface area contributed by atoms with Gasteiger partial charge in [-0.05, 0) is 86.6 Å². The number of ether oxygens (including phenoxy) is 1. The number of carbonyl (C=O) groups is 2. The van der Waals surface area contributed by atoms with Crippen molar-refractivity contribution in [1.29, 1.82) is 0 Å². The zero-order valence-corrected chi connectivity index (χ0v) is 25.2. The number of aromatic nitrogens is 1. The first-order valence-corrected chi connectivity index (χ1v) is 14.8. The third-order valence-electron chi connectivity index (χ3n) is 6.74. The van der Waals surface area contributed by atoms with Crippen LogP contribution >= 0.6 is 0 Å². The number of hydrogen-bond acceptors (Lipinski definition) is 6. The molecule has 1 aromatic heterocycles. The third kappa shape index (κ3) is 7.77. The molecule has 2 aliphatic rings. The Kier molecular flexibility index (Phi) is 9.60. The summed E-state index contributed by atoms with van der Waals surface area (Å²) in [5, 5.41) is 0. The average molecular weight is 548 g/mol. The van der Waals surface area contributed by atoms with E-state index in [1.54, 1.807) is 7.05 Å². The van der Waals surface area contributed by atoms with Gasteiger partial charge in [0.25, 0.3) is 5.91 Å². The van der Waals surface area contributed by atoms with Crippen LogP contribution in [0.4, 0.5) is 10.6 Å². The number of carbonyl (C=O) groups excluding carboxylic acids is 2. The van der Waals surface area contributed by atoms with E-state index in [0.717, 1.165) is 44.5 Å². The topological polar surface area (TPSA) is 95.4 Å². The van der Waals surface area contributed by atoms with Gasteiger partial charge in [-0.2, -0.15) is 4.40 Å². The molecule has 3 rings (SSSR count). The van der Waals surface area contributed by atoms with Crippen molar-refractivity contribution in [2.45, 2.75) is 104 Å². The maximum Gasteiger partial charge on any atom is 0.410 e. The molecule has 2 fully saturated rings. The third-order valence-corrected chi connectivity index (χ3v) is 8.08. The molecule has 1 unspecified atom stereocenters. The Bertz CT molecular complexity index is 1070. The molecule has 2 saturated heterocycles. The molecule has 38 heavy (non-hydrogen) atoms. The fraction of sp³-hybridized carbons (Fsp3) is 0.714. The van der Waals surface area contributed by atoms with Gasteiger partial charge in [0.15, 0.2) is 0 Å². The standard InChI is InChI=1S/C28H45N5O4S/c1-20-13-12-16-33(20)24-17-21(25(34)32-14-10-9-11-15-32)22(18-29-38(36)28(5,6)7)23(30-24)19-31(8)26(35)37-27(2,3)4/h17-18,20H,9-16,19H2,1-8H3/t20-,38?/m1/s1. The first kappa shape index (κ1) is 30.1. The molecule has 2 aliphatic heterocycles. The molecule has 0 bridgehead atoms. The van der Waals surface area contributed by atoms with Crippen LogP contribution in [-0.2, 0) is 22.3 Å². The molecule has 0 aromatic carbocycles. The summed E-state index contributed by atoms with van der Waals surface area (Å²) in [6.45, 7) is 15.6. The van der Waals surface area contributed by atoms with Gasteiger partial charge in [0.1, 0.15) is 22.4 Å². The lowest BCUT2D eigenvalue weighted by Crippen LogP contribution is -2.37. The quantitative estimate of drug-likeness (QED) is 0.468. The van der Waals surface area contributed by atoms with Gasteiger partial charge in [0, 0.05) is 44.5 Å². The van der Waals surface area contributed by atoms with Gasteiger partial charge >= 0.3 is 6.09 Å². The largest absolute Gasteiger partial charge is 0.444 e. The van der Waals surface area contributed by atoms with Crippen molar-refractivity contribution < 1.29 is 18.5 Å². The lowest BCUT2D eigenvalue weighted by Gasteiger charge is -2.30. The Balaban J connectivity index is 2.13. The van der Waals surface area contributed by atoms with E-state index >= 15 is 0 Å². The summed E-state index contributed by atoms with van der Waals surface area (Å²) < 4.78 is 22.2. The van der Waals surface area contributed by atoms with Gasteiger partial charge in [-0.1, -0.05) is 0 Å². The Morgan fingerprint density at radius 2 is 1.79 bits per heavy atom. The van der Waals surface area contributed by atoms with Crippen molar-refractivity contribution >= 4 is 35.0 Å². The van der Waals surface area contributed by atoms with E-state index in [2.05, 4.69) is 16.2 Å². The number of anilines is 1. The molecule has 9 nitrogen and oxygen atoms in total. The minimum absolute atomic E-state index is 0.0793. The Morgan fingerprint density at radius 1 is 1.13 bits per heavy atom. The molecule has 212 valence electrons. The molecule has 2 atom stereocenters. The van der Waals surface area contributed by atoms with E-state index < -0.39 is 27.4 Å². The van der Waals surface area contributed by atoms with Crippen LogP contribution in [0.25, 0.3) is 0 Å². The summed E-state index contributed by atoms with van der Waals surface area (Å²) in [5.41, 5.74) is 0.877. The summed E-state index contributed by atoms with van der Waals surface area (Å²) in [7, 11) is 0.135. The molecule has 0 spiro atoms. The Hall–Kier alpha value is -2.49. The monoisotopic (exact) mass is 547 g/mol. The second-order valence-electron chi connectivity index (χ2n) is 12.4. The molecule has 0 saturated carbocycles. The SMILES string of the molecule is C[C@@H]1CCCN1c1cc(C(=O)N2CCCCC2)c(C=NS(=O)C(C)(C)C)c(CN(C)C(=O)OC(C)(C)C)n1. The fourth-order valence-electron chi connectivity index (χ4n) is 4.61. The van der Waals surface area contributed by atoms with Crippen LogP contribution in [0.15, 0.2) is 10.5 Å². The molecule has 0 aliphatic carbocycles. The average Bonchev–Trinajstić information content (AvgIpc) is 3.26. The van der Waals surface area contributed by atoms with E-state index in [9.17, 15) is 13.8 Å². The van der Waals surface area contributed by atoms with Gasteiger partial charge < -0.3 is 19.4 Å². The number of nitrogens with zero attached hydrogens (tertiary/aromatic N) is 5. The highest BCUT2D eigenvalue weighted by molar-refractivity contribution is 7.85. The number of likely N-dealkylation sites (tertiary alicyclic amines) is 1. The molecular weight excluding hydrogens is 502 g/mol. The second kappa shape index (κ2) is 12.1. The van der Waals surface area contributed by atoms with Crippen LogP contribution in [0.2, 0.25) is 0 Å². The molecule has 1 aromatic rings. The zero-order valence-electron chi connectivity index (χ0n) is 24.4. The maximum absolute atomic E-state index is 13.9. The van der Waals surface area contributed by atoms with Crippen LogP contribution in [0.5, 0.6) is 0 Å². The number of pyridine rings is 1. The number of hydrogen-bond donors (Lipinski definition) is 0. The minimum Gasteiger partial charge on any atom is -0.444 e. The van der Waals surface area contributed by atoms with E-state index in [-0.39, 0.29) is 12.5 Å². The van der Waals surface area contributed by atoms with E-state index in [1.165, 1.54) is 11.1 Å². The Labute approximate surface area is 230 Å². The molecule has 0 radical (unpaired) electrons. The molecular formula is C28H45N5O4S. The smallest absolute Gasteiger partial charge is 0.410 e. The van der Waals surface area contributed by atoms with Crippen molar-refractivity contribution in [2.75, 3.05) is 31.6 Å². The zero-order chi connectivity index (χ0) is 28.3. The number of piperidine rings is 1. The van der Waals surface area contributed by atoms with Gasteiger partial charge in [0.05, 0.1) is 22.5 Å². The fourth-order valence-corrected chi connectivity index (χ4v) is 5.13. The lowest BCUT2D eigenvalue weighted by molar-refractivity contribution is 0.0283. The maximum atomic E-state index is 13.9. The highest BCUT2D eigenvalue weighted by Crippen LogP contribution is 2.29. The highest BCUT2D eigenvalue weighted by atomic mass is 32.2. The van der Waals surface area contributed by atoms with Crippen LogP contribution in [-0.4, -0.2) is 80.3 Å². The molecule has 0 N–H and O–H groups in total. The molecule has 2 amide bonds. The summed E-state index contributed by atoms with van der Waals surface area (Å²) in [5.74, 6) is 0.640. The summed E-state index contributed by atoms with van der Waals surface area (Å²) in [4.78, 5) is 37.3. The van der Waals surface area contributed by atoms with E-state index in [0.29, 0.717) is 36.0 Å². The highest BCUT2D eigenvalue weighted by Gasteiger charge is 2.29. The van der Waals surface area contributed by atoms with Crippen molar-refractivity contribution in [3.8, 4) is 0 Å². The first-order valence-electron chi connectivity index (χ1n) is 13.7. The van der Waals surface area contributed by atoms with Crippen molar-refractivity contribution in [2.24, 2.45) is 4.40 Å². The summed E-state index contributed by atoms with van der Waals surface area (Å²) in [6, 6.07) is 2.15. The van der Waals surface area contributed by atoms with Crippen LogP contribution in [0.3, 0.4) is 0 Å². The molecule has 3 heterocycles. The van der Waals surface area contributed by atoms with Gasteiger partial charge in [-0.3, -0.25) is 4.79 Å². The van der Waals surface area contributed by atoms with Crippen molar-refractivity contribution in [1.82, 2.24) is 14.8 Å². The normalized spacial score (nSPS) is 19.6. The van der Waals surface area contributed by atoms with Gasteiger partial charge in [-0.15, -0.1) is 0 Å². The molecule has 10 heteroatoms. The predicted molar refractivity (Wildman–Crippen MR) is 153 cm³/mol. The van der Waals surface area contributed by atoms with E-state index in [4.69, 9.17) is 9.72 Å². The summed E-state index contributed by atoms with van der Waals surface area (Å²) in [6.07, 6.45) is 6.20. The van der Waals surface area contributed by atoms with Crippen LogP contribution < -0.4 is 4.90 Å². The number of amides is 2. The van der Waals surface area contributed by atoms with Crippen molar-refractivity contribution in [3.63, 3.8) is 0 Å². The van der Waals surface area contributed by atoms with Crippen LogP contribution in [0, 0.1) is 0 Å². The van der Waals surface area contributed by atoms with Gasteiger partial charge in [0.2, 0.25) is 0 Å². The Morgan fingerprint density at radius 3 is 2.34 bits per heavy atom. The van der Waals surface area contributed by atoms with Crippen LogP contribution in [0.1, 0.15) is 102 Å². The van der Waals surface area contributed by atoms with Crippen molar-refractivity contribution in [3.05, 3.63) is 22.9 Å². The second-order valence-corrected chi connectivity index (χ2v) is 14.3. The number of rotatable bonds is 6. The first-order chi connectivity index (χ1) is 17.7. The summed E-state index contributed by atoms with van der Waals surface area (Å²) >= 11 is 0. The predicted octanol–water partition coefficient (Wildman–Crippen LogP) is 4.94.